The number of nitrogens with zero attached hydrogens (tertiary/aromatic N) is 2. The van der Waals surface area contributed by atoms with Gasteiger partial charge in [0.1, 0.15) is 0 Å². The lowest BCUT2D eigenvalue weighted by molar-refractivity contribution is 0.253. The van der Waals surface area contributed by atoms with Crippen molar-refractivity contribution < 1.29 is 4.79 Å². The van der Waals surface area contributed by atoms with E-state index in [0.717, 1.165) is 17.1 Å². The first-order valence-corrected chi connectivity index (χ1v) is 6.96. The van der Waals surface area contributed by atoms with Gasteiger partial charge < -0.3 is 5.32 Å². The summed E-state index contributed by atoms with van der Waals surface area (Å²) >= 11 is 0. The minimum absolute atomic E-state index is 0.217. The van der Waals surface area contributed by atoms with Gasteiger partial charge in [-0.25, -0.2) is 4.79 Å². The maximum atomic E-state index is 12.3. The first-order valence-electron chi connectivity index (χ1n) is 6.96. The normalized spacial score (nSPS) is 10.7. The molecule has 0 radical (unpaired) electrons. The monoisotopic (exact) mass is 289 g/mol. The molecule has 4 heteroatoms. The fourth-order valence-electron chi connectivity index (χ4n) is 2.04. The van der Waals surface area contributed by atoms with Crippen molar-refractivity contribution in [2.24, 2.45) is 4.99 Å². The number of para-hydroxylation sites is 2. The van der Waals surface area contributed by atoms with Crippen LogP contribution in [0.1, 0.15) is 5.69 Å². The third-order valence-electron chi connectivity index (χ3n) is 3.13. The first-order chi connectivity index (χ1) is 10.8. The van der Waals surface area contributed by atoms with Gasteiger partial charge in [-0.05, 0) is 36.4 Å². The lowest BCUT2D eigenvalue weighted by Gasteiger charge is -2.07. The van der Waals surface area contributed by atoms with E-state index in [1.807, 2.05) is 72.8 Å². The summed E-state index contributed by atoms with van der Waals surface area (Å²) < 4.78 is 1.53. The van der Waals surface area contributed by atoms with Crippen LogP contribution in [-0.2, 0) is 0 Å². The van der Waals surface area contributed by atoms with Crippen LogP contribution >= 0.6 is 0 Å². The average molecular weight is 289 g/mol. The molecule has 1 N–H and O–H groups in total. The van der Waals surface area contributed by atoms with E-state index in [0.29, 0.717) is 0 Å². The molecule has 0 unspecified atom stereocenters. The Kier molecular flexibility index (Phi) is 4.11. The number of hydrogen-bond donors (Lipinski definition) is 1. The second-order valence-corrected chi connectivity index (χ2v) is 4.69. The molecule has 1 aromatic heterocycles. The Morgan fingerprint density at radius 2 is 1.59 bits per heavy atom. The molecule has 0 atom stereocenters. The Labute approximate surface area is 128 Å². The molecule has 3 aromatic rings. The highest BCUT2D eigenvalue weighted by atomic mass is 16.2. The van der Waals surface area contributed by atoms with E-state index in [1.165, 1.54) is 4.57 Å². The quantitative estimate of drug-likeness (QED) is 0.717. The number of benzene rings is 2. The molecule has 0 aliphatic heterocycles. The predicted octanol–water partition coefficient (Wildman–Crippen LogP) is 4.32. The van der Waals surface area contributed by atoms with Crippen molar-refractivity contribution in [2.75, 3.05) is 5.32 Å². The molecule has 0 bridgehead atoms. The molecular weight excluding hydrogens is 274 g/mol. The highest BCUT2D eigenvalue weighted by Gasteiger charge is 2.07. The van der Waals surface area contributed by atoms with E-state index in [-0.39, 0.29) is 6.03 Å². The molecule has 0 aliphatic carbocycles. The Morgan fingerprint density at radius 3 is 2.32 bits per heavy atom. The van der Waals surface area contributed by atoms with Gasteiger partial charge in [-0.1, -0.05) is 36.4 Å². The van der Waals surface area contributed by atoms with Crippen molar-refractivity contribution in [1.29, 1.82) is 0 Å². The molecule has 1 heterocycles. The minimum atomic E-state index is -0.217. The Bertz CT molecular complexity index is 776. The van der Waals surface area contributed by atoms with Crippen LogP contribution in [0.2, 0.25) is 0 Å². The molecule has 108 valence electrons. The number of carbonyl (C=O) groups is 1. The highest BCUT2D eigenvalue weighted by Crippen LogP contribution is 2.11. The fourth-order valence-corrected chi connectivity index (χ4v) is 2.04. The van der Waals surface area contributed by atoms with E-state index in [2.05, 4.69) is 10.3 Å². The van der Waals surface area contributed by atoms with Gasteiger partial charge in [-0.15, -0.1) is 0 Å². The molecular formula is C18H15N3O. The van der Waals surface area contributed by atoms with Crippen molar-refractivity contribution in [3.8, 4) is 0 Å². The second kappa shape index (κ2) is 6.54. The molecule has 0 saturated heterocycles. The van der Waals surface area contributed by atoms with Crippen LogP contribution in [0.5, 0.6) is 0 Å². The Hall–Kier alpha value is -3.14. The first kappa shape index (κ1) is 13.8. The topological polar surface area (TPSA) is 46.4 Å². The molecule has 0 saturated carbocycles. The van der Waals surface area contributed by atoms with Crippen LogP contribution in [0, 0.1) is 0 Å². The lowest BCUT2D eigenvalue weighted by atomic mass is 10.3. The smallest absolute Gasteiger partial charge is 0.307 e. The summed E-state index contributed by atoms with van der Waals surface area (Å²) in [7, 11) is 0. The van der Waals surface area contributed by atoms with E-state index < -0.39 is 0 Å². The van der Waals surface area contributed by atoms with Crippen molar-refractivity contribution in [2.45, 2.75) is 0 Å². The van der Waals surface area contributed by atoms with Crippen LogP contribution in [0.25, 0.3) is 0 Å². The summed E-state index contributed by atoms with van der Waals surface area (Å²) in [6, 6.07) is 22.4. The highest BCUT2D eigenvalue weighted by molar-refractivity contribution is 5.95. The van der Waals surface area contributed by atoms with E-state index >= 15 is 0 Å². The minimum Gasteiger partial charge on any atom is -0.307 e. The molecule has 0 spiro atoms. The number of aliphatic imine (C=N–C) groups is 1. The third-order valence-corrected chi connectivity index (χ3v) is 3.13. The van der Waals surface area contributed by atoms with Crippen LogP contribution in [0.15, 0.2) is 84.0 Å². The van der Waals surface area contributed by atoms with Crippen molar-refractivity contribution in [3.05, 3.63) is 84.7 Å². The van der Waals surface area contributed by atoms with Gasteiger partial charge in [-0.3, -0.25) is 9.56 Å². The Morgan fingerprint density at radius 1 is 0.909 bits per heavy atom. The molecule has 4 nitrogen and oxygen atoms in total. The fraction of sp³-hybridized carbons (Fsp3) is 0. The zero-order valence-electron chi connectivity index (χ0n) is 11.9. The van der Waals surface area contributed by atoms with Gasteiger partial charge in [-0.2, -0.15) is 0 Å². The SMILES string of the molecule is O=C(Nc1ccccc1)n1cccc1C=Nc1ccccc1. The van der Waals surface area contributed by atoms with Crippen LogP contribution < -0.4 is 5.32 Å². The molecule has 0 fully saturated rings. The number of aromatic nitrogens is 1. The standard InChI is InChI=1S/C18H15N3O/c22-18(20-16-10-5-2-6-11-16)21-13-7-12-17(21)14-19-15-8-3-1-4-9-15/h1-14H,(H,20,22). The van der Waals surface area contributed by atoms with Crippen molar-refractivity contribution >= 4 is 23.6 Å². The number of rotatable bonds is 3. The number of nitrogens with one attached hydrogen (secondary N) is 1. The van der Waals surface area contributed by atoms with E-state index in [9.17, 15) is 4.79 Å². The van der Waals surface area contributed by atoms with Crippen molar-refractivity contribution in [3.63, 3.8) is 0 Å². The summed E-state index contributed by atoms with van der Waals surface area (Å²) in [6.07, 6.45) is 3.39. The molecule has 1 amide bonds. The number of carbonyl (C=O) groups excluding carboxylic acids is 1. The second-order valence-electron chi connectivity index (χ2n) is 4.69. The molecule has 0 aliphatic rings. The lowest BCUT2D eigenvalue weighted by Crippen LogP contribution is -2.20. The summed E-state index contributed by atoms with van der Waals surface area (Å²) in [6.45, 7) is 0. The zero-order valence-corrected chi connectivity index (χ0v) is 11.9. The number of hydrogen-bond acceptors (Lipinski definition) is 2. The van der Waals surface area contributed by atoms with Gasteiger partial charge in [0.15, 0.2) is 0 Å². The Balaban J connectivity index is 1.77. The van der Waals surface area contributed by atoms with Crippen molar-refractivity contribution in [1.82, 2.24) is 4.57 Å². The van der Waals surface area contributed by atoms with Crippen LogP contribution in [0.4, 0.5) is 16.2 Å². The summed E-state index contributed by atoms with van der Waals surface area (Å²) in [5, 5.41) is 2.85. The van der Waals surface area contributed by atoms with Crippen LogP contribution in [0.3, 0.4) is 0 Å². The summed E-state index contributed by atoms with van der Waals surface area (Å²) in [5.74, 6) is 0. The molecule has 3 rings (SSSR count). The average Bonchev–Trinajstić information content (AvgIpc) is 3.03. The van der Waals surface area contributed by atoms with E-state index in [4.69, 9.17) is 0 Å². The largest absolute Gasteiger partial charge is 0.330 e. The van der Waals surface area contributed by atoms with E-state index in [1.54, 1.807) is 12.4 Å². The molecule has 2 aromatic carbocycles. The van der Waals surface area contributed by atoms with Gasteiger partial charge >= 0.3 is 6.03 Å². The summed E-state index contributed by atoms with van der Waals surface area (Å²) in [4.78, 5) is 16.7. The van der Waals surface area contributed by atoms with Gasteiger partial charge in [0.05, 0.1) is 17.6 Å². The van der Waals surface area contributed by atoms with Gasteiger partial charge in [0.25, 0.3) is 0 Å². The van der Waals surface area contributed by atoms with Crippen LogP contribution in [-0.4, -0.2) is 16.8 Å². The summed E-state index contributed by atoms with van der Waals surface area (Å²) in [5.41, 5.74) is 2.32. The maximum Gasteiger partial charge on any atom is 0.330 e. The van der Waals surface area contributed by atoms with Gasteiger partial charge in [0.2, 0.25) is 0 Å². The third kappa shape index (κ3) is 3.30. The molecule has 22 heavy (non-hydrogen) atoms. The maximum absolute atomic E-state index is 12.3. The van der Waals surface area contributed by atoms with Gasteiger partial charge in [0, 0.05) is 11.9 Å². The zero-order chi connectivity index (χ0) is 15.2. The predicted molar refractivity (Wildman–Crippen MR) is 89.0 cm³/mol. The number of anilines is 1. The number of amides is 1.